The van der Waals surface area contributed by atoms with E-state index in [0.717, 1.165) is 44.1 Å². The van der Waals surface area contributed by atoms with Crippen LogP contribution in [-0.4, -0.2) is 54.7 Å². The van der Waals surface area contributed by atoms with E-state index in [-0.39, 0.29) is 12.1 Å². The quantitative estimate of drug-likeness (QED) is 0.638. The summed E-state index contributed by atoms with van der Waals surface area (Å²) in [5, 5.41) is 0. The Kier molecular flexibility index (Phi) is 5.75. The van der Waals surface area contributed by atoms with Crippen molar-refractivity contribution in [1.82, 2.24) is 9.80 Å². The number of piperidine rings is 1. The zero-order valence-corrected chi connectivity index (χ0v) is 19.5. The van der Waals surface area contributed by atoms with Gasteiger partial charge >= 0.3 is 6.09 Å². The molecule has 2 aromatic rings. The van der Waals surface area contributed by atoms with Gasteiger partial charge in [0.05, 0.1) is 6.04 Å². The van der Waals surface area contributed by atoms with Crippen LogP contribution in [0.15, 0.2) is 48.5 Å². The van der Waals surface area contributed by atoms with Crippen LogP contribution in [0.3, 0.4) is 0 Å². The molecule has 0 spiro atoms. The molecule has 2 aliphatic heterocycles. The number of amides is 1. The first-order chi connectivity index (χ1) is 16.3. The minimum Gasteiger partial charge on any atom is -0.445 e. The molecule has 6 rings (SSSR count). The van der Waals surface area contributed by atoms with Crippen molar-refractivity contribution in [3.8, 4) is 0 Å². The molecule has 174 valence electrons. The highest BCUT2D eigenvalue weighted by Gasteiger charge is 2.41. The van der Waals surface area contributed by atoms with Gasteiger partial charge in [0.1, 0.15) is 6.61 Å². The second-order valence-corrected chi connectivity index (χ2v) is 10.2. The van der Waals surface area contributed by atoms with Gasteiger partial charge in [-0.3, -0.25) is 4.90 Å². The fourth-order valence-electron chi connectivity index (χ4n) is 6.60. The molecule has 1 saturated carbocycles. The number of rotatable bonds is 4. The first-order valence-corrected chi connectivity index (χ1v) is 12.9. The number of benzene rings is 2. The second kappa shape index (κ2) is 9.02. The van der Waals surface area contributed by atoms with Crippen LogP contribution in [0.1, 0.15) is 67.2 Å². The molecule has 0 N–H and O–H groups in total. The Morgan fingerprint density at radius 3 is 2.45 bits per heavy atom. The second-order valence-electron chi connectivity index (χ2n) is 10.2. The average Bonchev–Trinajstić information content (AvgIpc) is 3.51. The summed E-state index contributed by atoms with van der Waals surface area (Å²) in [5.41, 5.74) is 5.16. The number of carbonyl (C=O) groups is 1. The molecule has 0 radical (unpaired) electrons. The molecular formula is C28H35N3O2. The first kappa shape index (κ1) is 21.0. The SMILES string of the molecule is O=C(OCc1ccccc1)N1CC[C@@H]2CC1c1cc(N3CCN(C4CCCC4)CC3)ccc12. The van der Waals surface area contributed by atoms with E-state index in [1.54, 1.807) is 0 Å². The number of fused-ring (bicyclic) bond motifs is 5. The van der Waals surface area contributed by atoms with Crippen molar-refractivity contribution < 1.29 is 9.53 Å². The summed E-state index contributed by atoms with van der Waals surface area (Å²) in [7, 11) is 0. The van der Waals surface area contributed by atoms with E-state index in [9.17, 15) is 4.79 Å². The number of nitrogens with zero attached hydrogens (tertiary/aromatic N) is 3. The van der Waals surface area contributed by atoms with E-state index in [4.69, 9.17) is 4.74 Å². The lowest BCUT2D eigenvalue weighted by Gasteiger charge is -2.39. The van der Waals surface area contributed by atoms with E-state index in [0.29, 0.717) is 12.5 Å². The number of hydrogen-bond donors (Lipinski definition) is 0. The maximum atomic E-state index is 13.0. The summed E-state index contributed by atoms with van der Waals surface area (Å²) in [5.74, 6) is 0.580. The number of carbonyl (C=O) groups excluding carboxylic acids is 1. The fraction of sp³-hybridized carbons (Fsp3) is 0.536. The van der Waals surface area contributed by atoms with Crippen LogP contribution in [-0.2, 0) is 11.3 Å². The van der Waals surface area contributed by atoms with Gasteiger partial charge in [-0.15, -0.1) is 0 Å². The normalized spacial score (nSPS) is 25.3. The molecule has 2 heterocycles. The maximum Gasteiger partial charge on any atom is 0.410 e. The van der Waals surface area contributed by atoms with Crippen molar-refractivity contribution in [2.75, 3.05) is 37.6 Å². The van der Waals surface area contributed by atoms with E-state index < -0.39 is 0 Å². The third kappa shape index (κ3) is 4.12. The zero-order chi connectivity index (χ0) is 22.2. The van der Waals surface area contributed by atoms with Gasteiger partial charge in [0, 0.05) is 44.5 Å². The summed E-state index contributed by atoms with van der Waals surface area (Å²) in [4.78, 5) is 20.2. The highest BCUT2D eigenvalue weighted by molar-refractivity contribution is 5.70. The van der Waals surface area contributed by atoms with Gasteiger partial charge in [0.2, 0.25) is 0 Å². The van der Waals surface area contributed by atoms with Crippen LogP contribution < -0.4 is 4.90 Å². The van der Waals surface area contributed by atoms with Crippen LogP contribution in [0.2, 0.25) is 0 Å². The van der Waals surface area contributed by atoms with Gasteiger partial charge in [-0.2, -0.15) is 0 Å². The molecular weight excluding hydrogens is 410 g/mol. The lowest BCUT2D eigenvalue weighted by Crippen LogP contribution is -2.49. The van der Waals surface area contributed by atoms with Crippen molar-refractivity contribution in [2.45, 2.75) is 63.1 Å². The highest BCUT2D eigenvalue weighted by Crippen LogP contribution is 2.50. The highest BCUT2D eigenvalue weighted by atomic mass is 16.6. The lowest BCUT2D eigenvalue weighted by molar-refractivity contribution is 0.0694. The van der Waals surface area contributed by atoms with E-state index >= 15 is 0 Å². The molecule has 2 aromatic carbocycles. The van der Waals surface area contributed by atoms with E-state index in [2.05, 4.69) is 28.0 Å². The summed E-state index contributed by atoms with van der Waals surface area (Å²) in [6, 6.07) is 18.0. The Balaban J connectivity index is 1.14. The van der Waals surface area contributed by atoms with Crippen LogP contribution in [0, 0.1) is 0 Å². The summed E-state index contributed by atoms with van der Waals surface area (Å²) >= 11 is 0. The molecule has 4 aliphatic rings. The average molecular weight is 446 g/mol. The molecule has 1 unspecified atom stereocenters. The van der Waals surface area contributed by atoms with E-state index in [1.807, 2.05) is 35.2 Å². The van der Waals surface area contributed by atoms with Crippen molar-refractivity contribution in [3.63, 3.8) is 0 Å². The standard InChI is InChI=1S/C28H35N3O2/c32-28(33-20-21-6-2-1-3-7-21)31-13-12-22-18-27(31)26-19-24(10-11-25(22)26)30-16-14-29(15-17-30)23-8-4-5-9-23/h1-3,6-7,10-11,19,22-23,27H,4-5,8-9,12-18,20H2/t22-,27?/m1/s1. The fourth-order valence-corrected chi connectivity index (χ4v) is 6.60. The minimum atomic E-state index is -0.175. The molecule has 2 saturated heterocycles. The monoisotopic (exact) mass is 445 g/mol. The van der Waals surface area contributed by atoms with Crippen LogP contribution >= 0.6 is 0 Å². The van der Waals surface area contributed by atoms with Gasteiger partial charge < -0.3 is 14.5 Å². The molecule has 2 atom stereocenters. The van der Waals surface area contributed by atoms with Gasteiger partial charge in [0.15, 0.2) is 0 Å². The molecule has 0 aromatic heterocycles. The van der Waals surface area contributed by atoms with Gasteiger partial charge in [-0.05, 0) is 60.4 Å². The predicted molar refractivity (Wildman–Crippen MR) is 131 cm³/mol. The van der Waals surface area contributed by atoms with Crippen molar-refractivity contribution in [3.05, 3.63) is 65.2 Å². The largest absolute Gasteiger partial charge is 0.445 e. The molecule has 2 aliphatic carbocycles. The molecule has 5 heteroatoms. The number of likely N-dealkylation sites (tertiary alicyclic amines) is 1. The summed E-state index contributed by atoms with van der Waals surface area (Å²) in [6.45, 7) is 5.67. The number of ether oxygens (including phenoxy) is 1. The first-order valence-electron chi connectivity index (χ1n) is 12.9. The van der Waals surface area contributed by atoms with Gasteiger partial charge in [-0.25, -0.2) is 4.79 Å². The van der Waals surface area contributed by atoms with Gasteiger partial charge in [0.25, 0.3) is 0 Å². The third-order valence-electron chi connectivity index (χ3n) is 8.43. The number of piperazine rings is 1. The lowest BCUT2D eigenvalue weighted by atomic mass is 9.96. The number of anilines is 1. The van der Waals surface area contributed by atoms with Gasteiger partial charge in [-0.1, -0.05) is 49.2 Å². The minimum absolute atomic E-state index is 0.154. The van der Waals surface area contributed by atoms with Crippen LogP contribution in [0.25, 0.3) is 0 Å². The zero-order valence-electron chi connectivity index (χ0n) is 19.5. The Labute approximate surface area is 197 Å². The van der Waals surface area contributed by atoms with E-state index in [1.165, 1.54) is 55.6 Å². The smallest absolute Gasteiger partial charge is 0.410 e. The maximum absolute atomic E-state index is 13.0. The number of hydrogen-bond acceptors (Lipinski definition) is 4. The Bertz CT molecular complexity index is 980. The molecule has 1 amide bonds. The summed E-state index contributed by atoms with van der Waals surface area (Å²) in [6.07, 6.45) is 7.48. The van der Waals surface area contributed by atoms with Crippen LogP contribution in [0.4, 0.5) is 10.5 Å². The molecule has 5 nitrogen and oxygen atoms in total. The van der Waals surface area contributed by atoms with Crippen molar-refractivity contribution in [1.29, 1.82) is 0 Å². The van der Waals surface area contributed by atoms with Crippen molar-refractivity contribution in [2.24, 2.45) is 0 Å². The third-order valence-corrected chi connectivity index (χ3v) is 8.43. The molecule has 33 heavy (non-hydrogen) atoms. The predicted octanol–water partition coefficient (Wildman–Crippen LogP) is 5.32. The Hall–Kier alpha value is -2.53. The summed E-state index contributed by atoms with van der Waals surface area (Å²) < 4.78 is 5.71. The topological polar surface area (TPSA) is 36.0 Å². The van der Waals surface area contributed by atoms with Crippen molar-refractivity contribution >= 4 is 11.8 Å². The van der Waals surface area contributed by atoms with Crippen LogP contribution in [0.5, 0.6) is 0 Å². The molecule has 2 bridgehead atoms. The Morgan fingerprint density at radius 2 is 1.67 bits per heavy atom. The Morgan fingerprint density at radius 1 is 0.879 bits per heavy atom. The molecule has 3 fully saturated rings.